The molecule has 0 N–H and O–H groups in total. The maximum atomic E-state index is 6.37. The lowest BCUT2D eigenvalue weighted by molar-refractivity contribution is 0.207. The summed E-state index contributed by atoms with van der Waals surface area (Å²) < 4.78 is 6.37. The molecule has 0 unspecified atom stereocenters. The van der Waals surface area contributed by atoms with Gasteiger partial charge in [0.15, 0.2) is 8.32 Å². The first kappa shape index (κ1) is 21.2. The standard InChI is InChI=1S/C19H42OSi/c1-15(2)11-16(3)12-17(4)13-18(5)14-20-21(9,10)19(6,7)8/h15-18H,11-14H2,1-10H3/t16-,17-,18-/m0/s1. The molecule has 21 heavy (non-hydrogen) atoms. The minimum absolute atomic E-state index is 0.324. The topological polar surface area (TPSA) is 9.23 Å². The summed E-state index contributed by atoms with van der Waals surface area (Å²) in [4.78, 5) is 0. The van der Waals surface area contributed by atoms with Gasteiger partial charge in [0.25, 0.3) is 0 Å². The van der Waals surface area contributed by atoms with Crippen LogP contribution in [0.15, 0.2) is 0 Å². The van der Waals surface area contributed by atoms with Crippen LogP contribution in [0.5, 0.6) is 0 Å². The first-order valence-electron chi connectivity index (χ1n) is 8.99. The van der Waals surface area contributed by atoms with Crippen molar-refractivity contribution in [2.45, 2.75) is 92.8 Å². The lowest BCUT2D eigenvalue weighted by Crippen LogP contribution is -2.41. The van der Waals surface area contributed by atoms with E-state index in [1.807, 2.05) is 0 Å². The molecule has 0 spiro atoms. The fraction of sp³-hybridized carbons (Fsp3) is 1.00. The Morgan fingerprint density at radius 3 is 1.62 bits per heavy atom. The SMILES string of the molecule is CC(C)C[C@H](C)C[C@H](C)C[C@H](C)CO[Si](C)(C)C(C)(C)C. The van der Waals surface area contributed by atoms with Crippen LogP contribution < -0.4 is 0 Å². The van der Waals surface area contributed by atoms with Gasteiger partial charge in [0.2, 0.25) is 0 Å². The van der Waals surface area contributed by atoms with Gasteiger partial charge in [0.05, 0.1) is 0 Å². The molecule has 3 atom stereocenters. The summed E-state index contributed by atoms with van der Waals surface area (Å²) >= 11 is 0. The van der Waals surface area contributed by atoms with Crippen molar-refractivity contribution in [1.82, 2.24) is 0 Å². The molecule has 2 heteroatoms. The van der Waals surface area contributed by atoms with Crippen LogP contribution >= 0.6 is 0 Å². The Morgan fingerprint density at radius 2 is 1.19 bits per heavy atom. The van der Waals surface area contributed by atoms with Crippen molar-refractivity contribution < 1.29 is 4.43 Å². The zero-order chi connectivity index (χ0) is 16.8. The minimum atomic E-state index is -1.57. The van der Waals surface area contributed by atoms with Gasteiger partial charge in [-0.05, 0) is 61.1 Å². The average Bonchev–Trinajstić information content (AvgIpc) is 2.23. The van der Waals surface area contributed by atoms with E-state index in [1.165, 1.54) is 19.3 Å². The summed E-state index contributed by atoms with van der Waals surface area (Å²) in [5.41, 5.74) is 0. The molecule has 0 heterocycles. The summed E-state index contributed by atoms with van der Waals surface area (Å²) in [5, 5.41) is 0.324. The molecular formula is C19H42OSi. The van der Waals surface area contributed by atoms with Crippen molar-refractivity contribution in [1.29, 1.82) is 0 Å². The Bertz CT molecular complexity index is 278. The third-order valence-electron chi connectivity index (χ3n) is 5.02. The van der Waals surface area contributed by atoms with Gasteiger partial charge in [-0.15, -0.1) is 0 Å². The lowest BCUT2D eigenvalue weighted by atomic mass is 9.86. The summed E-state index contributed by atoms with van der Waals surface area (Å²) in [6.45, 7) is 24.5. The molecule has 0 aliphatic heterocycles. The predicted octanol–water partition coefficient (Wildman–Crippen LogP) is 6.74. The normalized spacial score (nSPS) is 17.9. The van der Waals surface area contributed by atoms with Gasteiger partial charge in [-0.25, -0.2) is 0 Å². The highest BCUT2D eigenvalue weighted by molar-refractivity contribution is 6.74. The van der Waals surface area contributed by atoms with E-state index >= 15 is 0 Å². The number of hydrogen-bond acceptors (Lipinski definition) is 1. The van der Waals surface area contributed by atoms with Crippen LogP contribution in [-0.2, 0) is 4.43 Å². The molecule has 1 nitrogen and oxygen atoms in total. The molecule has 0 saturated heterocycles. The minimum Gasteiger partial charge on any atom is -0.417 e. The Hall–Kier alpha value is 0.177. The highest BCUT2D eigenvalue weighted by atomic mass is 28.4. The fourth-order valence-corrected chi connectivity index (χ4v) is 4.14. The first-order valence-corrected chi connectivity index (χ1v) is 11.9. The van der Waals surface area contributed by atoms with Crippen molar-refractivity contribution in [2.75, 3.05) is 6.61 Å². The molecule has 0 fully saturated rings. The molecule has 0 aliphatic rings. The van der Waals surface area contributed by atoms with Gasteiger partial charge >= 0.3 is 0 Å². The molecule has 0 aromatic rings. The molecule has 0 rings (SSSR count). The Balaban J connectivity index is 4.12. The quantitative estimate of drug-likeness (QED) is 0.428. The zero-order valence-corrected chi connectivity index (χ0v) is 17.5. The summed E-state index contributed by atoms with van der Waals surface area (Å²) in [6, 6.07) is 0. The highest BCUT2D eigenvalue weighted by Gasteiger charge is 2.37. The Morgan fingerprint density at radius 1 is 0.762 bits per heavy atom. The Kier molecular flexibility index (Phi) is 8.79. The summed E-state index contributed by atoms with van der Waals surface area (Å²) in [7, 11) is -1.57. The van der Waals surface area contributed by atoms with Crippen molar-refractivity contribution in [3.63, 3.8) is 0 Å². The van der Waals surface area contributed by atoms with E-state index in [0.717, 1.165) is 24.4 Å². The van der Waals surface area contributed by atoms with E-state index in [2.05, 4.69) is 68.5 Å². The van der Waals surface area contributed by atoms with Crippen LogP contribution in [0.25, 0.3) is 0 Å². The van der Waals surface area contributed by atoms with Crippen molar-refractivity contribution in [3.8, 4) is 0 Å². The van der Waals surface area contributed by atoms with E-state index in [1.54, 1.807) is 0 Å². The molecule has 0 amide bonds. The summed E-state index contributed by atoms with van der Waals surface area (Å²) in [6.07, 6.45) is 4.03. The van der Waals surface area contributed by atoms with E-state index in [9.17, 15) is 0 Å². The molecule has 0 aliphatic carbocycles. The van der Waals surface area contributed by atoms with Gasteiger partial charge in [-0.2, -0.15) is 0 Å². The van der Waals surface area contributed by atoms with E-state index in [0.29, 0.717) is 11.0 Å². The Labute approximate surface area is 136 Å². The van der Waals surface area contributed by atoms with Gasteiger partial charge < -0.3 is 4.43 Å². The first-order chi connectivity index (χ1) is 9.35. The molecule has 0 bridgehead atoms. The number of hydrogen-bond donors (Lipinski definition) is 0. The molecule has 0 aromatic heterocycles. The van der Waals surface area contributed by atoms with Crippen LogP contribution in [0.2, 0.25) is 18.1 Å². The van der Waals surface area contributed by atoms with Gasteiger partial charge in [-0.1, -0.05) is 55.4 Å². The van der Waals surface area contributed by atoms with Crippen LogP contribution in [0.1, 0.15) is 74.7 Å². The highest BCUT2D eigenvalue weighted by Crippen LogP contribution is 2.37. The van der Waals surface area contributed by atoms with Crippen LogP contribution in [0, 0.1) is 23.7 Å². The van der Waals surface area contributed by atoms with Gasteiger partial charge in [0.1, 0.15) is 0 Å². The monoisotopic (exact) mass is 314 g/mol. The second-order valence-electron chi connectivity index (χ2n) is 9.49. The average molecular weight is 315 g/mol. The zero-order valence-electron chi connectivity index (χ0n) is 16.5. The second kappa shape index (κ2) is 8.72. The molecular weight excluding hydrogens is 272 g/mol. The number of rotatable bonds is 9. The van der Waals surface area contributed by atoms with Crippen molar-refractivity contribution in [3.05, 3.63) is 0 Å². The molecule has 0 radical (unpaired) electrons. The van der Waals surface area contributed by atoms with Crippen LogP contribution in [-0.4, -0.2) is 14.9 Å². The lowest BCUT2D eigenvalue weighted by Gasteiger charge is -2.37. The van der Waals surface area contributed by atoms with Crippen LogP contribution in [0.4, 0.5) is 0 Å². The molecule has 128 valence electrons. The maximum absolute atomic E-state index is 6.37. The maximum Gasteiger partial charge on any atom is 0.191 e. The van der Waals surface area contributed by atoms with E-state index in [4.69, 9.17) is 4.43 Å². The van der Waals surface area contributed by atoms with Gasteiger partial charge in [0, 0.05) is 6.61 Å². The molecule has 0 aromatic carbocycles. The fourth-order valence-electron chi connectivity index (χ4n) is 3.01. The second-order valence-corrected chi connectivity index (χ2v) is 14.3. The van der Waals surface area contributed by atoms with Crippen molar-refractivity contribution in [2.24, 2.45) is 23.7 Å². The largest absolute Gasteiger partial charge is 0.417 e. The van der Waals surface area contributed by atoms with E-state index in [-0.39, 0.29) is 0 Å². The van der Waals surface area contributed by atoms with Crippen LogP contribution in [0.3, 0.4) is 0 Å². The summed E-state index contributed by atoms with van der Waals surface area (Å²) in [5.74, 6) is 3.18. The van der Waals surface area contributed by atoms with Crippen molar-refractivity contribution >= 4 is 8.32 Å². The predicted molar refractivity (Wildman–Crippen MR) is 99.3 cm³/mol. The molecule has 0 saturated carbocycles. The third kappa shape index (κ3) is 9.03. The van der Waals surface area contributed by atoms with Gasteiger partial charge in [-0.3, -0.25) is 0 Å². The smallest absolute Gasteiger partial charge is 0.191 e. The van der Waals surface area contributed by atoms with E-state index < -0.39 is 8.32 Å². The third-order valence-corrected chi connectivity index (χ3v) is 9.52.